The minimum absolute atomic E-state index is 0.160. The van der Waals surface area contributed by atoms with Gasteiger partial charge in [0.2, 0.25) is 0 Å². The van der Waals surface area contributed by atoms with Crippen molar-refractivity contribution in [2.45, 2.75) is 72.3 Å². The van der Waals surface area contributed by atoms with Crippen molar-refractivity contribution in [3.05, 3.63) is 0 Å². The molecule has 0 spiro atoms. The summed E-state index contributed by atoms with van der Waals surface area (Å²) in [7, 11) is 0. The van der Waals surface area contributed by atoms with E-state index in [4.69, 9.17) is 4.74 Å². The molecule has 1 aliphatic rings. The second kappa shape index (κ2) is 9.39. The minimum Gasteiger partial charge on any atom is -0.444 e. The molecular weight excluding hydrogens is 276 g/mol. The average Bonchev–Trinajstić information content (AvgIpc) is 2.41. The van der Waals surface area contributed by atoms with Gasteiger partial charge >= 0.3 is 6.09 Å². The van der Waals surface area contributed by atoms with Crippen molar-refractivity contribution < 1.29 is 9.53 Å². The molecule has 0 aliphatic carbocycles. The first kappa shape index (κ1) is 19.3. The Balaban J connectivity index is 2.09. The van der Waals surface area contributed by atoms with Crippen molar-refractivity contribution in [3.8, 4) is 0 Å². The summed E-state index contributed by atoms with van der Waals surface area (Å²) in [5.41, 5.74) is -0.397. The summed E-state index contributed by atoms with van der Waals surface area (Å²) in [5, 5.41) is 3.58. The Morgan fingerprint density at radius 3 is 2.41 bits per heavy atom. The molecule has 0 radical (unpaired) electrons. The Morgan fingerprint density at radius 2 is 1.86 bits per heavy atom. The van der Waals surface area contributed by atoms with E-state index in [1.807, 2.05) is 25.7 Å². The molecule has 1 N–H and O–H groups in total. The van der Waals surface area contributed by atoms with Gasteiger partial charge in [-0.15, -0.1) is 0 Å². The highest BCUT2D eigenvalue weighted by molar-refractivity contribution is 5.68. The second-order valence-corrected chi connectivity index (χ2v) is 8.00. The molecule has 0 bridgehead atoms. The van der Waals surface area contributed by atoms with Crippen LogP contribution in [0.4, 0.5) is 4.79 Å². The van der Waals surface area contributed by atoms with Crippen LogP contribution in [0.2, 0.25) is 0 Å². The zero-order valence-corrected chi connectivity index (χ0v) is 15.3. The van der Waals surface area contributed by atoms with Crippen LogP contribution in [-0.4, -0.2) is 42.8 Å². The third-order valence-corrected chi connectivity index (χ3v) is 4.08. The lowest BCUT2D eigenvalue weighted by molar-refractivity contribution is 0.0184. The van der Waals surface area contributed by atoms with Crippen LogP contribution in [0, 0.1) is 11.8 Å². The van der Waals surface area contributed by atoms with Crippen LogP contribution < -0.4 is 5.32 Å². The minimum atomic E-state index is -0.397. The molecule has 130 valence electrons. The van der Waals surface area contributed by atoms with Crippen LogP contribution in [-0.2, 0) is 4.74 Å². The first-order valence-electron chi connectivity index (χ1n) is 8.96. The monoisotopic (exact) mass is 312 g/mol. The summed E-state index contributed by atoms with van der Waals surface area (Å²) in [4.78, 5) is 13.8. The third-order valence-electron chi connectivity index (χ3n) is 4.08. The summed E-state index contributed by atoms with van der Waals surface area (Å²) in [6, 6.07) is 0. The predicted octanol–water partition coefficient (Wildman–Crippen LogP) is 4.05. The molecule has 0 aromatic heterocycles. The van der Waals surface area contributed by atoms with Gasteiger partial charge < -0.3 is 15.0 Å². The Labute approximate surface area is 137 Å². The standard InChI is InChI=1S/C18H36N2O2/c1-15(2)8-6-7-11-19-14-16-9-12-20(13-10-16)17(21)22-18(3,4)5/h15-16,19H,6-14H2,1-5H3. The normalized spacial score (nSPS) is 17.1. The summed E-state index contributed by atoms with van der Waals surface area (Å²) in [6.07, 6.45) is 5.93. The fourth-order valence-electron chi connectivity index (χ4n) is 2.75. The van der Waals surface area contributed by atoms with Crippen molar-refractivity contribution in [1.29, 1.82) is 0 Å². The number of carbonyl (C=O) groups excluding carboxylic acids is 1. The molecule has 1 saturated heterocycles. The van der Waals surface area contributed by atoms with Gasteiger partial charge in [-0.1, -0.05) is 26.7 Å². The lowest BCUT2D eigenvalue weighted by Crippen LogP contribution is -2.43. The molecule has 0 aromatic carbocycles. The lowest BCUT2D eigenvalue weighted by atomic mass is 9.97. The van der Waals surface area contributed by atoms with Crippen molar-refractivity contribution in [1.82, 2.24) is 10.2 Å². The average molecular weight is 312 g/mol. The molecule has 0 unspecified atom stereocenters. The Morgan fingerprint density at radius 1 is 1.23 bits per heavy atom. The van der Waals surface area contributed by atoms with E-state index < -0.39 is 5.60 Å². The van der Waals surface area contributed by atoms with Gasteiger partial charge in [-0.25, -0.2) is 4.79 Å². The first-order valence-corrected chi connectivity index (χ1v) is 8.96. The van der Waals surface area contributed by atoms with E-state index in [0.29, 0.717) is 5.92 Å². The molecule has 1 amide bonds. The molecule has 4 heteroatoms. The maximum Gasteiger partial charge on any atom is 0.410 e. The zero-order valence-electron chi connectivity index (χ0n) is 15.3. The number of amides is 1. The van der Waals surface area contributed by atoms with E-state index >= 15 is 0 Å². The second-order valence-electron chi connectivity index (χ2n) is 8.00. The quantitative estimate of drug-likeness (QED) is 0.721. The molecule has 1 rings (SSSR count). The number of carbonyl (C=O) groups is 1. The predicted molar refractivity (Wildman–Crippen MR) is 92.1 cm³/mol. The highest BCUT2D eigenvalue weighted by atomic mass is 16.6. The van der Waals surface area contributed by atoms with Crippen LogP contribution in [0.1, 0.15) is 66.7 Å². The van der Waals surface area contributed by atoms with Crippen LogP contribution in [0.3, 0.4) is 0 Å². The number of rotatable bonds is 7. The van der Waals surface area contributed by atoms with Gasteiger partial charge in [0.1, 0.15) is 5.60 Å². The highest BCUT2D eigenvalue weighted by Gasteiger charge is 2.26. The van der Waals surface area contributed by atoms with Gasteiger partial charge in [0.05, 0.1) is 0 Å². The largest absolute Gasteiger partial charge is 0.444 e. The maximum absolute atomic E-state index is 12.0. The smallest absolute Gasteiger partial charge is 0.410 e. The molecule has 22 heavy (non-hydrogen) atoms. The van der Waals surface area contributed by atoms with Gasteiger partial charge in [-0.2, -0.15) is 0 Å². The summed E-state index contributed by atoms with van der Waals surface area (Å²) < 4.78 is 5.43. The number of hydrogen-bond acceptors (Lipinski definition) is 3. The molecule has 0 atom stereocenters. The van der Waals surface area contributed by atoms with Crippen LogP contribution >= 0.6 is 0 Å². The number of unbranched alkanes of at least 4 members (excludes halogenated alkanes) is 1. The zero-order chi connectivity index (χ0) is 16.6. The van der Waals surface area contributed by atoms with Crippen molar-refractivity contribution >= 4 is 6.09 Å². The molecule has 1 aliphatic heterocycles. The van der Waals surface area contributed by atoms with E-state index in [9.17, 15) is 4.79 Å². The fourth-order valence-corrected chi connectivity index (χ4v) is 2.75. The number of nitrogens with one attached hydrogen (secondary N) is 1. The van der Waals surface area contributed by atoms with E-state index in [0.717, 1.165) is 44.9 Å². The number of ether oxygens (including phenoxy) is 1. The molecule has 0 saturated carbocycles. The van der Waals surface area contributed by atoms with Gasteiger partial charge in [0.25, 0.3) is 0 Å². The van der Waals surface area contributed by atoms with Gasteiger partial charge in [-0.3, -0.25) is 0 Å². The molecule has 4 nitrogen and oxygen atoms in total. The lowest BCUT2D eigenvalue weighted by Gasteiger charge is -2.33. The van der Waals surface area contributed by atoms with Crippen molar-refractivity contribution in [2.24, 2.45) is 11.8 Å². The van der Waals surface area contributed by atoms with Gasteiger partial charge in [0, 0.05) is 13.1 Å². The summed E-state index contributed by atoms with van der Waals surface area (Å²) >= 11 is 0. The molecule has 0 aromatic rings. The Kier molecular flexibility index (Phi) is 8.23. The summed E-state index contributed by atoms with van der Waals surface area (Å²) in [6.45, 7) is 14.2. The number of likely N-dealkylation sites (tertiary alicyclic amines) is 1. The van der Waals surface area contributed by atoms with E-state index in [-0.39, 0.29) is 6.09 Å². The molecular formula is C18H36N2O2. The first-order chi connectivity index (χ1) is 10.3. The Bertz CT molecular complexity index is 316. The van der Waals surface area contributed by atoms with Gasteiger partial charge in [0.15, 0.2) is 0 Å². The van der Waals surface area contributed by atoms with Crippen LogP contribution in [0.5, 0.6) is 0 Å². The topological polar surface area (TPSA) is 41.6 Å². The summed E-state index contributed by atoms with van der Waals surface area (Å²) in [5.74, 6) is 1.51. The highest BCUT2D eigenvalue weighted by Crippen LogP contribution is 2.19. The van der Waals surface area contributed by atoms with Crippen molar-refractivity contribution in [2.75, 3.05) is 26.2 Å². The number of piperidine rings is 1. The maximum atomic E-state index is 12.0. The van der Waals surface area contributed by atoms with E-state index in [1.165, 1.54) is 19.3 Å². The number of nitrogens with zero attached hydrogens (tertiary/aromatic N) is 1. The van der Waals surface area contributed by atoms with Crippen molar-refractivity contribution in [3.63, 3.8) is 0 Å². The number of hydrogen-bond donors (Lipinski definition) is 1. The molecule has 1 heterocycles. The van der Waals surface area contributed by atoms with E-state index in [2.05, 4.69) is 19.2 Å². The van der Waals surface area contributed by atoms with Gasteiger partial charge in [-0.05, 0) is 65.0 Å². The van der Waals surface area contributed by atoms with Crippen LogP contribution in [0.25, 0.3) is 0 Å². The van der Waals surface area contributed by atoms with E-state index in [1.54, 1.807) is 0 Å². The van der Waals surface area contributed by atoms with Crippen LogP contribution in [0.15, 0.2) is 0 Å². The third kappa shape index (κ3) is 8.62. The SMILES string of the molecule is CC(C)CCCCNCC1CCN(C(=O)OC(C)(C)C)CC1. The Hall–Kier alpha value is -0.770. The fraction of sp³-hybridized carbons (Fsp3) is 0.944. The molecule has 1 fully saturated rings.